The minimum absolute atomic E-state index is 0.0590. The average Bonchev–Trinajstić information content (AvgIpc) is 2.93. The Kier molecular flexibility index (Phi) is 5.06. The van der Waals surface area contributed by atoms with Crippen LogP contribution in [0.5, 0.6) is 0 Å². The lowest BCUT2D eigenvalue weighted by molar-refractivity contribution is 0.0949. The van der Waals surface area contributed by atoms with Gasteiger partial charge in [-0.2, -0.15) is 4.39 Å². The fraction of sp³-hybridized carbons (Fsp3) is 0.235. The third-order valence-electron chi connectivity index (χ3n) is 3.81. The molecule has 0 aliphatic carbocycles. The van der Waals surface area contributed by atoms with Gasteiger partial charge >= 0.3 is 0 Å². The summed E-state index contributed by atoms with van der Waals surface area (Å²) >= 11 is 6.83. The molecule has 0 saturated carbocycles. The molecule has 5 nitrogen and oxygen atoms in total. The summed E-state index contributed by atoms with van der Waals surface area (Å²) in [5, 5.41) is 2.50. The van der Waals surface area contributed by atoms with Crippen LogP contribution in [0.1, 0.15) is 33.5 Å². The molecule has 0 radical (unpaired) electrons. The van der Waals surface area contributed by atoms with Crippen LogP contribution in [-0.4, -0.2) is 21.8 Å². The molecular weight excluding hydrogens is 384 g/mol. The maximum absolute atomic E-state index is 14.6. The molecule has 0 aliphatic rings. The molecule has 26 heavy (non-hydrogen) atoms. The van der Waals surface area contributed by atoms with Gasteiger partial charge in [-0.3, -0.25) is 9.59 Å². The molecule has 0 saturated heterocycles. The minimum Gasteiger partial charge on any atom is -0.351 e. The Labute approximate surface area is 156 Å². The second-order valence-corrected chi connectivity index (χ2v) is 7.14. The number of halogens is 3. The quantitative estimate of drug-likeness (QED) is 0.734. The van der Waals surface area contributed by atoms with Gasteiger partial charge in [0.05, 0.1) is 10.7 Å². The molecule has 2 aromatic heterocycles. The van der Waals surface area contributed by atoms with Crippen molar-refractivity contribution in [1.82, 2.24) is 14.7 Å². The van der Waals surface area contributed by atoms with Crippen molar-refractivity contribution in [1.29, 1.82) is 0 Å². The third-order valence-corrected chi connectivity index (χ3v) is 5.06. The molecule has 3 rings (SSSR count). The fourth-order valence-corrected chi connectivity index (χ4v) is 3.79. The van der Waals surface area contributed by atoms with Crippen LogP contribution in [0.25, 0.3) is 4.96 Å². The van der Waals surface area contributed by atoms with Crippen molar-refractivity contribution in [3.63, 3.8) is 0 Å². The molecule has 1 amide bonds. The van der Waals surface area contributed by atoms with Gasteiger partial charge in [0.2, 0.25) is 5.82 Å². The number of carbonyl (C=O) groups is 1. The average molecular weight is 398 g/mol. The van der Waals surface area contributed by atoms with Crippen molar-refractivity contribution >= 4 is 33.8 Å². The Hall–Kier alpha value is -2.32. The maximum atomic E-state index is 14.6. The number of nitrogens with zero attached hydrogens (tertiary/aromatic N) is 2. The largest absolute Gasteiger partial charge is 0.351 e. The van der Waals surface area contributed by atoms with E-state index in [1.807, 2.05) is 0 Å². The van der Waals surface area contributed by atoms with Gasteiger partial charge in [0.1, 0.15) is 11.5 Å². The molecule has 0 atom stereocenters. The summed E-state index contributed by atoms with van der Waals surface area (Å²) in [6, 6.07) is 4.36. The van der Waals surface area contributed by atoms with Crippen LogP contribution in [0, 0.1) is 18.6 Å². The van der Waals surface area contributed by atoms with E-state index in [9.17, 15) is 18.4 Å². The first kappa shape index (κ1) is 18.5. The molecule has 0 unspecified atom stereocenters. The van der Waals surface area contributed by atoms with E-state index >= 15 is 0 Å². The number of carbonyl (C=O) groups excluding carboxylic acids is 1. The molecular formula is C17H14ClF2N3O2S. The molecule has 3 aromatic rings. The minimum atomic E-state index is -1.12. The van der Waals surface area contributed by atoms with Gasteiger partial charge in [-0.05, 0) is 25.5 Å². The van der Waals surface area contributed by atoms with Gasteiger partial charge in [-0.1, -0.05) is 23.7 Å². The maximum Gasteiger partial charge on any atom is 0.295 e. The zero-order valence-corrected chi connectivity index (χ0v) is 15.5. The monoisotopic (exact) mass is 397 g/mol. The van der Waals surface area contributed by atoms with Crippen molar-refractivity contribution < 1.29 is 13.6 Å². The first-order valence-electron chi connectivity index (χ1n) is 7.76. The fourth-order valence-electron chi connectivity index (χ4n) is 2.62. The summed E-state index contributed by atoms with van der Waals surface area (Å²) in [5.74, 6) is -2.28. The lowest BCUT2D eigenvalue weighted by Gasteiger charge is -2.07. The number of thiazole rings is 1. The van der Waals surface area contributed by atoms with E-state index in [4.69, 9.17) is 11.6 Å². The number of rotatable bonds is 4. The summed E-state index contributed by atoms with van der Waals surface area (Å²) < 4.78 is 29.6. The Bertz CT molecular complexity index is 1080. The lowest BCUT2D eigenvalue weighted by atomic mass is 10.1. The van der Waals surface area contributed by atoms with Crippen molar-refractivity contribution in [3.05, 3.63) is 67.0 Å². The molecule has 0 fully saturated rings. The first-order chi connectivity index (χ1) is 12.3. The van der Waals surface area contributed by atoms with Gasteiger partial charge in [0.15, 0.2) is 4.96 Å². The topological polar surface area (TPSA) is 63.5 Å². The van der Waals surface area contributed by atoms with Crippen LogP contribution in [0.2, 0.25) is 5.02 Å². The van der Waals surface area contributed by atoms with Crippen LogP contribution in [0.15, 0.2) is 23.0 Å². The Balaban J connectivity index is 2.16. The highest BCUT2D eigenvalue weighted by atomic mass is 35.5. The number of hydrogen-bond acceptors (Lipinski definition) is 4. The Morgan fingerprint density at radius 2 is 2.08 bits per heavy atom. The highest BCUT2D eigenvalue weighted by Crippen LogP contribution is 2.23. The summed E-state index contributed by atoms with van der Waals surface area (Å²) in [6.45, 7) is 3.75. The van der Waals surface area contributed by atoms with E-state index in [0.29, 0.717) is 11.4 Å². The lowest BCUT2D eigenvalue weighted by Crippen LogP contribution is -2.30. The predicted molar refractivity (Wildman–Crippen MR) is 96.3 cm³/mol. The first-order valence-corrected chi connectivity index (χ1v) is 8.96. The smallest absolute Gasteiger partial charge is 0.295 e. The van der Waals surface area contributed by atoms with Crippen molar-refractivity contribution in [2.75, 3.05) is 6.54 Å². The zero-order chi connectivity index (χ0) is 19.0. The van der Waals surface area contributed by atoms with Crippen molar-refractivity contribution in [2.45, 2.75) is 20.3 Å². The van der Waals surface area contributed by atoms with Gasteiger partial charge in [0, 0.05) is 17.8 Å². The Morgan fingerprint density at radius 3 is 2.77 bits per heavy atom. The SMILES string of the molecule is CCNC(=O)c1c(C)sc2nc(Cc3cccc(Cl)c3F)c(F)c(=O)n12. The highest BCUT2D eigenvalue weighted by Gasteiger charge is 2.23. The van der Waals surface area contributed by atoms with Crippen LogP contribution < -0.4 is 10.9 Å². The van der Waals surface area contributed by atoms with Crippen LogP contribution in [0.3, 0.4) is 0 Å². The van der Waals surface area contributed by atoms with Gasteiger partial charge in [0.25, 0.3) is 11.5 Å². The molecule has 0 spiro atoms. The van der Waals surface area contributed by atoms with E-state index in [2.05, 4.69) is 10.3 Å². The normalized spacial score (nSPS) is 11.1. The second-order valence-electron chi connectivity index (χ2n) is 5.55. The predicted octanol–water partition coefficient (Wildman–Crippen LogP) is 3.34. The number of amides is 1. The number of nitrogens with one attached hydrogen (secondary N) is 1. The molecule has 0 aliphatic heterocycles. The number of benzene rings is 1. The summed E-state index contributed by atoms with van der Waals surface area (Å²) in [5.41, 5.74) is -0.994. The second kappa shape index (κ2) is 7.13. The highest BCUT2D eigenvalue weighted by molar-refractivity contribution is 7.17. The third kappa shape index (κ3) is 3.10. The summed E-state index contributed by atoms with van der Waals surface area (Å²) in [6.07, 6.45) is -0.225. The number of fused-ring (bicyclic) bond motifs is 1. The van der Waals surface area contributed by atoms with Gasteiger partial charge in [-0.25, -0.2) is 13.8 Å². The Morgan fingerprint density at radius 1 is 1.35 bits per heavy atom. The van der Waals surface area contributed by atoms with Gasteiger partial charge < -0.3 is 5.32 Å². The summed E-state index contributed by atoms with van der Waals surface area (Å²) in [4.78, 5) is 29.5. The number of aromatic nitrogens is 2. The molecule has 9 heteroatoms. The molecule has 2 heterocycles. The van der Waals surface area contributed by atoms with E-state index in [1.54, 1.807) is 13.8 Å². The van der Waals surface area contributed by atoms with Crippen LogP contribution >= 0.6 is 22.9 Å². The summed E-state index contributed by atoms with van der Waals surface area (Å²) in [7, 11) is 0. The van der Waals surface area contributed by atoms with E-state index in [-0.39, 0.29) is 33.4 Å². The number of hydrogen-bond donors (Lipinski definition) is 1. The van der Waals surface area contributed by atoms with Crippen molar-refractivity contribution in [3.8, 4) is 0 Å². The van der Waals surface area contributed by atoms with E-state index < -0.39 is 23.1 Å². The van der Waals surface area contributed by atoms with Crippen LogP contribution in [-0.2, 0) is 6.42 Å². The number of aryl methyl sites for hydroxylation is 1. The van der Waals surface area contributed by atoms with Crippen LogP contribution in [0.4, 0.5) is 8.78 Å². The standard InChI is InChI=1S/C17H14ClF2N3O2S/c1-3-21-15(24)14-8(2)26-17-22-11(13(20)16(25)23(14)17)7-9-5-4-6-10(18)12(9)19/h4-6H,3,7H2,1-2H3,(H,21,24). The van der Waals surface area contributed by atoms with Crippen molar-refractivity contribution in [2.24, 2.45) is 0 Å². The van der Waals surface area contributed by atoms with E-state index in [0.717, 1.165) is 15.7 Å². The van der Waals surface area contributed by atoms with E-state index in [1.165, 1.54) is 18.2 Å². The molecule has 136 valence electrons. The molecule has 0 bridgehead atoms. The van der Waals surface area contributed by atoms with Gasteiger partial charge in [-0.15, -0.1) is 11.3 Å². The zero-order valence-electron chi connectivity index (χ0n) is 13.9. The molecule has 1 N–H and O–H groups in total. The molecule has 1 aromatic carbocycles.